The summed E-state index contributed by atoms with van der Waals surface area (Å²) in [7, 11) is -5.12. The smallest absolute Gasteiger partial charge is 0.462 e. The van der Waals surface area contributed by atoms with Crippen molar-refractivity contribution in [1.82, 2.24) is 0 Å². The highest BCUT2D eigenvalue weighted by molar-refractivity contribution is 7.47. The molecule has 0 heterocycles. The number of phosphoric acid groups is 1. The normalized spacial score (nSPS) is 21.4. The number of esters is 2. The molecular formula is C51H97O13P. The third kappa shape index (κ3) is 33.7. The van der Waals surface area contributed by atoms with Crippen LogP contribution in [0.4, 0.5) is 0 Å². The predicted octanol–water partition coefficient (Wildman–Crippen LogP) is 11.4. The Kier molecular flexibility index (Phi) is 39.4. The van der Waals surface area contributed by atoms with E-state index in [9.17, 15) is 44.6 Å². The second kappa shape index (κ2) is 41.6. The highest BCUT2D eigenvalue weighted by Crippen LogP contribution is 2.47. The fourth-order valence-corrected chi connectivity index (χ4v) is 9.32. The molecule has 0 saturated heterocycles. The molecule has 1 rings (SSSR count). The molecule has 14 heteroatoms. The number of carbonyl (C=O) groups excluding carboxylic acids is 2. The minimum Gasteiger partial charge on any atom is -0.462 e. The number of ether oxygens (including phenoxy) is 2. The lowest BCUT2D eigenvalue weighted by Crippen LogP contribution is -2.64. The number of aliphatic hydroxyl groups is 5. The molecule has 1 fully saturated rings. The topological polar surface area (TPSA) is 210 Å². The fraction of sp³-hybridized carbons (Fsp3) is 0.922. The molecule has 6 N–H and O–H groups in total. The van der Waals surface area contributed by atoms with Gasteiger partial charge in [-0.25, -0.2) is 4.57 Å². The zero-order valence-electron chi connectivity index (χ0n) is 41.1. The van der Waals surface area contributed by atoms with Crippen LogP contribution in [-0.2, 0) is 32.7 Å². The van der Waals surface area contributed by atoms with Crippen molar-refractivity contribution in [3.63, 3.8) is 0 Å². The van der Waals surface area contributed by atoms with Crippen molar-refractivity contribution in [2.24, 2.45) is 0 Å². The summed E-state index contributed by atoms with van der Waals surface area (Å²) in [5, 5.41) is 50.3. The van der Waals surface area contributed by atoms with Crippen LogP contribution < -0.4 is 0 Å². The van der Waals surface area contributed by atoms with Gasteiger partial charge in [0.2, 0.25) is 0 Å². The Hall–Kier alpha value is -1.41. The molecule has 384 valence electrons. The second-order valence-electron chi connectivity index (χ2n) is 18.7. The van der Waals surface area contributed by atoms with Gasteiger partial charge in [-0.3, -0.25) is 18.6 Å². The summed E-state index contributed by atoms with van der Waals surface area (Å²) in [5.41, 5.74) is 0. The van der Waals surface area contributed by atoms with Crippen LogP contribution in [0.2, 0.25) is 0 Å². The number of carbonyl (C=O) groups is 2. The van der Waals surface area contributed by atoms with E-state index in [1.165, 1.54) is 167 Å². The molecule has 6 unspecified atom stereocenters. The van der Waals surface area contributed by atoms with Crippen LogP contribution in [0.3, 0.4) is 0 Å². The van der Waals surface area contributed by atoms with Gasteiger partial charge >= 0.3 is 19.8 Å². The van der Waals surface area contributed by atoms with Gasteiger partial charge in [-0.2, -0.15) is 0 Å². The lowest BCUT2D eigenvalue weighted by molar-refractivity contribution is -0.220. The zero-order valence-corrected chi connectivity index (χ0v) is 41.9. The molecule has 0 amide bonds. The summed E-state index contributed by atoms with van der Waals surface area (Å²) in [5.74, 6) is -1.08. The number of aliphatic hydroxyl groups excluding tert-OH is 5. The molecule has 0 radical (unpaired) electrons. The largest absolute Gasteiger partial charge is 0.472 e. The first-order valence-electron chi connectivity index (χ1n) is 26.5. The van der Waals surface area contributed by atoms with Crippen molar-refractivity contribution in [1.29, 1.82) is 0 Å². The number of allylic oxidation sites excluding steroid dienone is 2. The SMILES string of the molecule is CCCCCCCC/C=C/CCCCCCCCCCCCCC(=O)OC[C@@H](COP(=O)(O)OC1C(O)C(O)C(O)[C@H](O)C1O)OC(=O)CCCCCCCCCCCCCCCCC. The Bertz CT molecular complexity index is 1190. The zero-order chi connectivity index (χ0) is 47.8. The summed E-state index contributed by atoms with van der Waals surface area (Å²) < 4.78 is 33.7. The van der Waals surface area contributed by atoms with E-state index in [1.54, 1.807) is 0 Å². The molecule has 65 heavy (non-hydrogen) atoms. The van der Waals surface area contributed by atoms with Crippen molar-refractivity contribution in [2.75, 3.05) is 13.2 Å². The van der Waals surface area contributed by atoms with Gasteiger partial charge in [0, 0.05) is 12.8 Å². The monoisotopic (exact) mass is 949 g/mol. The first-order chi connectivity index (χ1) is 31.4. The average molecular weight is 949 g/mol. The first-order valence-corrected chi connectivity index (χ1v) is 28.0. The third-order valence-corrected chi connectivity index (χ3v) is 13.6. The predicted molar refractivity (Wildman–Crippen MR) is 258 cm³/mol. The average Bonchev–Trinajstić information content (AvgIpc) is 3.29. The Morgan fingerprint density at radius 3 is 1.17 bits per heavy atom. The minimum atomic E-state index is -5.12. The molecule has 0 aromatic heterocycles. The second-order valence-corrected chi connectivity index (χ2v) is 20.1. The van der Waals surface area contributed by atoms with E-state index in [0.29, 0.717) is 12.8 Å². The van der Waals surface area contributed by atoms with Crippen molar-refractivity contribution < 1.29 is 63.1 Å². The summed E-state index contributed by atoms with van der Waals surface area (Å²) in [6, 6.07) is 0. The van der Waals surface area contributed by atoms with Gasteiger partial charge in [-0.15, -0.1) is 0 Å². The molecular weight excluding hydrogens is 852 g/mol. The number of rotatable bonds is 45. The molecule has 0 aromatic rings. The molecule has 1 saturated carbocycles. The lowest BCUT2D eigenvalue weighted by atomic mass is 9.85. The summed E-state index contributed by atoms with van der Waals surface area (Å²) in [6.07, 6.45) is 32.6. The van der Waals surface area contributed by atoms with Gasteiger partial charge < -0.3 is 39.9 Å². The highest BCUT2D eigenvalue weighted by Gasteiger charge is 2.51. The van der Waals surface area contributed by atoms with E-state index < -0.39 is 75.7 Å². The van der Waals surface area contributed by atoms with Gasteiger partial charge in [-0.05, 0) is 38.5 Å². The number of hydrogen-bond donors (Lipinski definition) is 6. The minimum absolute atomic E-state index is 0.103. The standard InChI is InChI=1S/C51H97O13P/c1-3-5-7-9-11-13-15-17-19-20-21-22-23-24-26-27-29-31-33-35-37-39-44(52)61-41-43(42-62-65(59,60)64-51-49(57)47(55)46(54)48(56)50(51)58)63-45(53)40-38-36-34-32-30-28-25-18-16-14-12-10-8-6-4-2/h17,19,43,46-51,54-58H,3-16,18,20-42H2,1-2H3,(H,59,60)/b19-17+/t43-,46?,47-,48?,49?,50?,51?/m0/s1. The first kappa shape index (κ1) is 61.6. The Morgan fingerprint density at radius 1 is 0.462 bits per heavy atom. The van der Waals surface area contributed by atoms with E-state index in [1.807, 2.05) is 0 Å². The quantitative estimate of drug-likeness (QED) is 0.0145. The third-order valence-electron chi connectivity index (χ3n) is 12.6. The molecule has 8 atom stereocenters. The molecule has 1 aliphatic carbocycles. The molecule has 13 nitrogen and oxygen atoms in total. The van der Waals surface area contributed by atoms with Crippen LogP contribution in [0, 0.1) is 0 Å². The fourth-order valence-electron chi connectivity index (χ4n) is 8.34. The van der Waals surface area contributed by atoms with Gasteiger partial charge in [-0.1, -0.05) is 206 Å². The van der Waals surface area contributed by atoms with Gasteiger partial charge in [0.05, 0.1) is 6.61 Å². The van der Waals surface area contributed by atoms with E-state index >= 15 is 0 Å². The van der Waals surface area contributed by atoms with E-state index in [4.69, 9.17) is 18.5 Å². The van der Waals surface area contributed by atoms with E-state index in [-0.39, 0.29) is 12.8 Å². The maximum Gasteiger partial charge on any atom is 0.472 e. The number of unbranched alkanes of at least 4 members (excludes halogenated alkanes) is 31. The van der Waals surface area contributed by atoms with Crippen LogP contribution in [0.5, 0.6) is 0 Å². The van der Waals surface area contributed by atoms with Crippen molar-refractivity contribution in [3.8, 4) is 0 Å². The maximum absolute atomic E-state index is 12.8. The highest BCUT2D eigenvalue weighted by atomic mass is 31.2. The number of hydrogen-bond acceptors (Lipinski definition) is 12. The molecule has 0 aliphatic heterocycles. The molecule has 1 aliphatic rings. The Morgan fingerprint density at radius 2 is 0.785 bits per heavy atom. The van der Waals surface area contributed by atoms with Crippen LogP contribution in [-0.4, -0.2) is 98.3 Å². The van der Waals surface area contributed by atoms with Crippen LogP contribution >= 0.6 is 7.82 Å². The van der Waals surface area contributed by atoms with Gasteiger partial charge in [0.1, 0.15) is 43.2 Å². The van der Waals surface area contributed by atoms with E-state index in [0.717, 1.165) is 38.5 Å². The Labute approximate surface area is 394 Å². The van der Waals surface area contributed by atoms with Crippen LogP contribution in [0.15, 0.2) is 12.2 Å². The molecule has 0 bridgehead atoms. The van der Waals surface area contributed by atoms with E-state index in [2.05, 4.69) is 26.0 Å². The maximum atomic E-state index is 12.8. The van der Waals surface area contributed by atoms with Crippen molar-refractivity contribution >= 4 is 19.8 Å². The molecule has 0 aromatic carbocycles. The number of phosphoric ester groups is 1. The van der Waals surface area contributed by atoms with Crippen LogP contribution in [0.1, 0.15) is 245 Å². The van der Waals surface area contributed by atoms with Crippen LogP contribution in [0.25, 0.3) is 0 Å². The van der Waals surface area contributed by atoms with Gasteiger partial charge in [0.15, 0.2) is 6.10 Å². The summed E-state index contributed by atoms with van der Waals surface area (Å²) in [6.45, 7) is 3.34. The van der Waals surface area contributed by atoms with Crippen molar-refractivity contribution in [2.45, 2.75) is 288 Å². The lowest BCUT2D eigenvalue weighted by Gasteiger charge is -2.41. The Balaban J connectivity index is 2.35. The van der Waals surface area contributed by atoms with Crippen molar-refractivity contribution in [3.05, 3.63) is 12.2 Å². The molecule has 0 spiro atoms. The summed E-state index contributed by atoms with van der Waals surface area (Å²) in [4.78, 5) is 35.8. The van der Waals surface area contributed by atoms with Gasteiger partial charge in [0.25, 0.3) is 0 Å². The summed E-state index contributed by atoms with van der Waals surface area (Å²) >= 11 is 0.